The van der Waals surface area contributed by atoms with Crippen molar-refractivity contribution in [2.45, 2.75) is 6.54 Å². The molecule has 25 heavy (non-hydrogen) atoms. The topological polar surface area (TPSA) is 63.0 Å². The summed E-state index contributed by atoms with van der Waals surface area (Å²) in [5, 5.41) is 9.55. The molecule has 0 saturated heterocycles. The smallest absolute Gasteiger partial charge is 0.246 e. The molecule has 0 fully saturated rings. The first-order valence-electron chi connectivity index (χ1n) is 7.11. The number of nitrogens with one attached hydrogen (secondary N) is 2. The second-order valence-electron chi connectivity index (χ2n) is 4.90. The van der Waals surface area contributed by atoms with Gasteiger partial charge in [0.05, 0.1) is 11.6 Å². The summed E-state index contributed by atoms with van der Waals surface area (Å²) in [4.78, 5) is 4.20. The van der Waals surface area contributed by atoms with E-state index in [0.717, 1.165) is 12.1 Å². The highest BCUT2D eigenvalue weighted by Gasteiger charge is 2.13. The number of hydrogen-bond donors (Lipinski definition) is 2. The quantitative estimate of drug-likeness (QED) is 0.663. The number of para-hydroxylation sites is 1. The summed E-state index contributed by atoms with van der Waals surface area (Å²) in [6.45, 7) is 0.0827. The fourth-order valence-corrected chi connectivity index (χ4v) is 2.40. The molecular weight excluding hydrogens is 370 g/mol. The van der Waals surface area contributed by atoms with Gasteiger partial charge in [-0.25, -0.2) is 8.78 Å². The van der Waals surface area contributed by atoms with E-state index in [9.17, 15) is 8.78 Å². The van der Waals surface area contributed by atoms with E-state index in [1.165, 1.54) is 6.07 Å². The van der Waals surface area contributed by atoms with Gasteiger partial charge in [0.1, 0.15) is 17.3 Å². The molecule has 0 unspecified atom stereocenters. The molecule has 1 heterocycles. The van der Waals surface area contributed by atoms with Crippen molar-refractivity contribution in [2.75, 3.05) is 5.32 Å². The standard InChI is InChI=1S/C16H11ClF2N4OS/c17-10-5-2-1-4-9(10)15-21-13(24-23-15)8-20-16(25)22-14-11(18)6-3-7-12(14)19/h1-7H,8H2,(H2,20,22,25). The van der Waals surface area contributed by atoms with Crippen LogP contribution in [0.3, 0.4) is 0 Å². The van der Waals surface area contributed by atoms with E-state index in [0.29, 0.717) is 16.4 Å². The Labute approximate surface area is 152 Å². The molecule has 0 saturated carbocycles. The maximum atomic E-state index is 13.6. The van der Waals surface area contributed by atoms with Crippen molar-refractivity contribution in [3.05, 3.63) is 65.0 Å². The lowest BCUT2D eigenvalue weighted by molar-refractivity contribution is 0.376. The molecule has 0 bridgehead atoms. The highest BCUT2D eigenvalue weighted by atomic mass is 35.5. The molecule has 0 aliphatic heterocycles. The minimum absolute atomic E-state index is 0.0153. The van der Waals surface area contributed by atoms with Crippen molar-refractivity contribution < 1.29 is 13.3 Å². The Hall–Kier alpha value is -2.58. The van der Waals surface area contributed by atoms with Gasteiger partial charge in [0, 0.05) is 5.56 Å². The molecule has 5 nitrogen and oxygen atoms in total. The number of hydrogen-bond acceptors (Lipinski definition) is 4. The SMILES string of the molecule is Fc1cccc(F)c1NC(=S)NCc1nc(-c2ccccc2Cl)no1. The van der Waals surface area contributed by atoms with Gasteiger partial charge in [0.25, 0.3) is 0 Å². The third-order valence-corrected chi connectivity index (χ3v) is 3.76. The third-order valence-electron chi connectivity index (χ3n) is 3.18. The van der Waals surface area contributed by atoms with Gasteiger partial charge in [-0.15, -0.1) is 0 Å². The molecule has 2 N–H and O–H groups in total. The van der Waals surface area contributed by atoms with Gasteiger partial charge >= 0.3 is 0 Å². The van der Waals surface area contributed by atoms with Crippen LogP contribution in [-0.2, 0) is 6.54 Å². The number of thiocarbonyl (C=S) groups is 1. The lowest BCUT2D eigenvalue weighted by atomic mass is 10.2. The van der Waals surface area contributed by atoms with Crippen LogP contribution in [0.5, 0.6) is 0 Å². The average Bonchev–Trinajstić information content (AvgIpc) is 3.06. The number of rotatable bonds is 4. The Kier molecular flexibility index (Phi) is 5.20. The maximum absolute atomic E-state index is 13.6. The zero-order valence-corrected chi connectivity index (χ0v) is 14.2. The van der Waals surface area contributed by atoms with E-state index >= 15 is 0 Å². The fraction of sp³-hybridized carbons (Fsp3) is 0.0625. The van der Waals surface area contributed by atoms with Crippen LogP contribution in [0.15, 0.2) is 47.0 Å². The van der Waals surface area contributed by atoms with E-state index < -0.39 is 11.6 Å². The maximum Gasteiger partial charge on any atom is 0.246 e. The van der Waals surface area contributed by atoms with Gasteiger partial charge in [-0.05, 0) is 36.5 Å². The Balaban J connectivity index is 1.63. The summed E-state index contributed by atoms with van der Waals surface area (Å²) in [5.74, 6) is -0.916. The minimum Gasteiger partial charge on any atom is -0.353 e. The van der Waals surface area contributed by atoms with Crippen LogP contribution < -0.4 is 10.6 Å². The molecule has 3 rings (SSSR count). The first-order valence-corrected chi connectivity index (χ1v) is 7.89. The molecule has 0 amide bonds. The number of benzene rings is 2. The molecule has 2 aromatic carbocycles. The van der Waals surface area contributed by atoms with Crippen LogP contribution in [0.4, 0.5) is 14.5 Å². The minimum atomic E-state index is -0.747. The zero-order valence-electron chi connectivity index (χ0n) is 12.6. The molecule has 1 aromatic heterocycles. The molecule has 0 aliphatic rings. The summed E-state index contributed by atoms with van der Waals surface area (Å²) >= 11 is 11.1. The van der Waals surface area contributed by atoms with Crippen molar-refractivity contribution in [1.82, 2.24) is 15.5 Å². The highest BCUT2D eigenvalue weighted by molar-refractivity contribution is 7.80. The van der Waals surface area contributed by atoms with Crippen LogP contribution in [0.25, 0.3) is 11.4 Å². The Morgan fingerprint density at radius 3 is 2.56 bits per heavy atom. The van der Waals surface area contributed by atoms with Crippen molar-refractivity contribution in [3.63, 3.8) is 0 Å². The second kappa shape index (κ2) is 7.54. The van der Waals surface area contributed by atoms with Gasteiger partial charge in [0.2, 0.25) is 11.7 Å². The fourth-order valence-electron chi connectivity index (χ4n) is 2.01. The Morgan fingerprint density at radius 1 is 1.12 bits per heavy atom. The number of aromatic nitrogens is 2. The van der Waals surface area contributed by atoms with E-state index in [1.54, 1.807) is 24.3 Å². The highest BCUT2D eigenvalue weighted by Crippen LogP contribution is 2.24. The number of nitrogens with zero attached hydrogens (tertiary/aromatic N) is 2. The predicted molar refractivity (Wildman–Crippen MR) is 94.2 cm³/mol. The predicted octanol–water partition coefficient (Wildman–Crippen LogP) is 4.15. The van der Waals surface area contributed by atoms with Crippen molar-refractivity contribution in [3.8, 4) is 11.4 Å². The second-order valence-corrected chi connectivity index (χ2v) is 5.71. The average molecular weight is 381 g/mol. The molecule has 128 valence electrons. The Bertz CT molecular complexity index is 898. The lowest BCUT2D eigenvalue weighted by Crippen LogP contribution is -2.28. The van der Waals surface area contributed by atoms with Crippen LogP contribution in [0, 0.1) is 11.6 Å². The van der Waals surface area contributed by atoms with Crippen LogP contribution >= 0.6 is 23.8 Å². The molecular formula is C16H11ClF2N4OS. The van der Waals surface area contributed by atoms with Gasteiger partial charge < -0.3 is 15.2 Å². The van der Waals surface area contributed by atoms with Crippen LogP contribution in [0.1, 0.15) is 5.89 Å². The molecule has 0 aliphatic carbocycles. The monoisotopic (exact) mass is 380 g/mol. The lowest BCUT2D eigenvalue weighted by Gasteiger charge is -2.10. The normalized spacial score (nSPS) is 10.5. The first-order chi connectivity index (χ1) is 12.0. The Morgan fingerprint density at radius 2 is 1.84 bits per heavy atom. The third kappa shape index (κ3) is 4.09. The van der Waals surface area contributed by atoms with Crippen molar-refractivity contribution >= 4 is 34.6 Å². The van der Waals surface area contributed by atoms with Gasteiger partial charge in [-0.2, -0.15) is 4.98 Å². The van der Waals surface area contributed by atoms with Crippen molar-refractivity contribution in [2.24, 2.45) is 0 Å². The van der Waals surface area contributed by atoms with Gasteiger partial charge in [0.15, 0.2) is 5.11 Å². The van der Waals surface area contributed by atoms with Crippen LogP contribution in [-0.4, -0.2) is 15.3 Å². The van der Waals surface area contributed by atoms with Crippen LogP contribution in [0.2, 0.25) is 5.02 Å². The summed E-state index contributed by atoms with van der Waals surface area (Å²) < 4.78 is 32.2. The number of halogens is 3. The summed E-state index contributed by atoms with van der Waals surface area (Å²) in [7, 11) is 0. The zero-order chi connectivity index (χ0) is 17.8. The van der Waals surface area contributed by atoms with Gasteiger partial charge in [-0.3, -0.25) is 0 Å². The molecule has 3 aromatic rings. The number of anilines is 1. The summed E-state index contributed by atoms with van der Waals surface area (Å²) in [6, 6.07) is 10.6. The molecule has 0 spiro atoms. The van der Waals surface area contributed by atoms with E-state index in [-0.39, 0.29) is 23.2 Å². The van der Waals surface area contributed by atoms with E-state index in [4.69, 9.17) is 28.3 Å². The summed E-state index contributed by atoms with van der Waals surface area (Å²) in [6.07, 6.45) is 0. The largest absolute Gasteiger partial charge is 0.353 e. The molecule has 0 atom stereocenters. The molecule has 0 radical (unpaired) electrons. The van der Waals surface area contributed by atoms with E-state index in [2.05, 4.69) is 20.8 Å². The molecule has 9 heteroatoms. The summed E-state index contributed by atoms with van der Waals surface area (Å²) in [5.41, 5.74) is 0.301. The van der Waals surface area contributed by atoms with Crippen molar-refractivity contribution in [1.29, 1.82) is 0 Å². The van der Waals surface area contributed by atoms with E-state index in [1.807, 2.05) is 0 Å². The first kappa shape index (κ1) is 17.2. The van der Waals surface area contributed by atoms with Gasteiger partial charge in [-0.1, -0.05) is 35.0 Å².